The van der Waals surface area contributed by atoms with Crippen LogP contribution in [0.4, 0.5) is 29.3 Å². The molecule has 0 saturated carbocycles. The highest BCUT2D eigenvalue weighted by atomic mass is 127. The molecule has 1 aliphatic heterocycles. The van der Waals surface area contributed by atoms with Crippen LogP contribution in [0.1, 0.15) is 18.1 Å². The highest BCUT2D eigenvalue weighted by Gasteiger charge is 2.36. The molecule has 1 fully saturated rings. The average molecular weight is 713 g/mol. The van der Waals surface area contributed by atoms with Crippen molar-refractivity contribution in [2.24, 2.45) is 0 Å². The normalized spacial score (nSPS) is 13.9. The maximum Gasteiger partial charge on any atom is 0.294 e. The van der Waals surface area contributed by atoms with E-state index in [0.717, 1.165) is 6.07 Å². The van der Waals surface area contributed by atoms with E-state index in [0.29, 0.717) is 48.9 Å². The predicted octanol–water partition coefficient (Wildman–Crippen LogP) is 6.27. The minimum absolute atomic E-state index is 0.00426. The van der Waals surface area contributed by atoms with Crippen LogP contribution in [0.15, 0.2) is 53.4 Å². The molecule has 0 aliphatic carbocycles. The Bertz CT molecular complexity index is 1620. The molecule has 3 aromatic rings. The van der Waals surface area contributed by atoms with Gasteiger partial charge in [0.2, 0.25) is 5.91 Å². The molecule has 0 radical (unpaired) electrons. The minimum atomic E-state index is -1.77. The Balaban J connectivity index is 1.48. The fourth-order valence-electron chi connectivity index (χ4n) is 3.69. The van der Waals surface area contributed by atoms with E-state index in [-0.39, 0.29) is 23.8 Å². The fourth-order valence-corrected chi connectivity index (χ4v) is 5.31. The third kappa shape index (κ3) is 7.02. The number of non-ortho nitro benzene ring substituents is 1. The Labute approximate surface area is 254 Å². The van der Waals surface area contributed by atoms with Crippen LogP contribution < -0.4 is 14.8 Å². The lowest BCUT2D eigenvalue weighted by Crippen LogP contribution is -2.36. The highest BCUT2D eigenvalue weighted by molar-refractivity contribution is 14.1. The lowest BCUT2D eigenvalue weighted by atomic mass is 10.1. The van der Waals surface area contributed by atoms with Crippen molar-refractivity contribution in [3.05, 3.63) is 95.7 Å². The topological polar surface area (TPSA) is 128 Å². The van der Waals surface area contributed by atoms with Gasteiger partial charge in [-0.3, -0.25) is 29.4 Å². The maximum atomic E-state index is 13.9. The van der Waals surface area contributed by atoms with Crippen molar-refractivity contribution in [1.82, 2.24) is 4.90 Å². The summed E-state index contributed by atoms with van der Waals surface area (Å²) in [7, 11) is 0. The molecule has 1 N–H and O–H groups in total. The van der Waals surface area contributed by atoms with Crippen molar-refractivity contribution >= 4 is 68.9 Å². The van der Waals surface area contributed by atoms with E-state index in [1.54, 1.807) is 31.2 Å². The Morgan fingerprint density at radius 2 is 1.81 bits per heavy atom. The number of imide groups is 1. The van der Waals surface area contributed by atoms with Gasteiger partial charge in [0, 0.05) is 12.1 Å². The number of amides is 3. The molecule has 1 aliphatic rings. The van der Waals surface area contributed by atoms with Gasteiger partial charge < -0.3 is 14.8 Å². The van der Waals surface area contributed by atoms with Crippen molar-refractivity contribution < 1.29 is 42.0 Å². The number of hydrogen-bond acceptors (Lipinski definition) is 8. The fraction of sp³-hybridized carbons (Fsp3) is 0.148. The van der Waals surface area contributed by atoms with E-state index in [1.165, 1.54) is 18.2 Å². The minimum Gasteiger partial charge on any atom is -0.490 e. The number of anilines is 1. The second-order valence-electron chi connectivity index (χ2n) is 8.51. The first-order chi connectivity index (χ1) is 20.0. The first-order valence-electron chi connectivity index (χ1n) is 12.0. The third-order valence-corrected chi connectivity index (χ3v) is 7.35. The van der Waals surface area contributed by atoms with Gasteiger partial charge in [0.1, 0.15) is 13.2 Å². The van der Waals surface area contributed by atoms with Crippen molar-refractivity contribution in [1.29, 1.82) is 0 Å². The van der Waals surface area contributed by atoms with Gasteiger partial charge >= 0.3 is 0 Å². The molecule has 0 unspecified atom stereocenters. The quantitative estimate of drug-likeness (QED) is 0.0857. The molecule has 3 aromatic carbocycles. The van der Waals surface area contributed by atoms with E-state index in [9.17, 15) is 37.7 Å². The van der Waals surface area contributed by atoms with Crippen molar-refractivity contribution in [3.8, 4) is 11.5 Å². The van der Waals surface area contributed by atoms with Crippen LogP contribution in [0, 0.1) is 31.1 Å². The molecule has 3 amide bonds. The summed E-state index contributed by atoms with van der Waals surface area (Å²) in [5, 5.41) is 12.1. The van der Waals surface area contributed by atoms with Gasteiger partial charge in [0.15, 0.2) is 29.0 Å². The van der Waals surface area contributed by atoms with Crippen LogP contribution in [0.2, 0.25) is 0 Å². The van der Waals surface area contributed by atoms with Gasteiger partial charge in [-0.2, -0.15) is 0 Å². The van der Waals surface area contributed by atoms with Gasteiger partial charge in [-0.05, 0) is 94.9 Å². The summed E-state index contributed by atoms with van der Waals surface area (Å²) in [6.07, 6.45) is 1.43. The zero-order valence-electron chi connectivity index (χ0n) is 21.5. The second kappa shape index (κ2) is 13.2. The Kier molecular flexibility index (Phi) is 9.72. The number of thioether (sulfide) groups is 1. The van der Waals surface area contributed by atoms with E-state index >= 15 is 0 Å². The number of carbonyl (C=O) groups excluding carboxylic acids is 3. The van der Waals surface area contributed by atoms with Crippen LogP contribution >= 0.6 is 34.4 Å². The summed E-state index contributed by atoms with van der Waals surface area (Å²) in [6, 6.07) is 10.6. The van der Waals surface area contributed by atoms with Crippen LogP contribution in [0.25, 0.3) is 6.08 Å². The first kappa shape index (κ1) is 30.8. The molecular formula is C27H19F3IN3O7S. The van der Waals surface area contributed by atoms with E-state index in [2.05, 4.69) is 0 Å². The van der Waals surface area contributed by atoms with Crippen molar-refractivity contribution in [2.45, 2.75) is 13.5 Å². The van der Waals surface area contributed by atoms with E-state index < -0.39 is 51.7 Å². The number of carbonyl (C=O) groups is 3. The molecular weight excluding hydrogens is 694 g/mol. The second-order valence-corrected chi connectivity index (χ2v) is 10.7. The molecule has 0 aromatic heterocycles. The van der Waals surface area contributed by atoms with Crippen LogP contribution in [-0.2, 0) is 16.2 Å². The average Bonchev–Trinajstić information content (AvgIpc) is 3.20. The molecule has 0 bridgehead atoms. The highest BCUT2D eigenvalue weighted by Crippen LogP contribution is 2.38. The molecule has 218 valence electrons. The molecule has 1 heterocycles. The standard InChI is InChI=1S/C27H19F3IN3O7S/c1-2-40-20-10-15(9-18(31)25(20)41-13-14-3-5-16(6-4-14)34(38)39)11-21-26(36)33(27(37)42-21)12-22(35)32-19-8-7-17(28)23(29)24(19)30/h3-11H,2,12-13H2,1H3,(H,32,35)/b21-11+. The molecule has 0 spiro atoms. The molecule has 0 atom stereocenters. The summed E-state index contributed by atoms with van der Waals surface area (Å²) >= 11 is 2.60. The summed E-state index contributed by atoms with van der Waals surface area (Å²) in [4.78, 5) is 48.8. The monoisotopic (exact) mass is 713 g/mol. The number of rotatable bonds is 10. The number of ether oxygens (including phenoxy) is 2. The van der Waals surface area contributed by atoms with Crippen LogP contribution in [0.3, 0.4) is 0 Å². The van der Waals surface area contributed by atoms with E-state index in [4.69, 9.17) is 9.47 Å². The van der Waals surface area contributed by atoms with Gasteiger partial charge in [-0.25, -0.2) is 13.2 Å². The van der Waals surface area contributed by atoms with Crippen molar-refractivity contribution in [3.63, 3.8) is 0 Å². The Morgan fingerprint density at radius 3 is 2.48 bits per heavy atom. The molecule has 15 heteroatoms. The number of nitro benzene ring substituents is 1. The molecule has 42 heavy (non-hydrogen) atoms. The number of nitrogens with zero attached hydrogens (tertiary/aromatic N) is 2. The number of hydrogen-bond donors (Lipinski definition) is 1. The third-order valence-electron chi connectivity index (χ3n) is 5.64. The number of nitrogens with one attached hydrogen (secondary N) is 1. The largest absolute Gasteiger partial charge is 0.490 e. The van der Waals surface area contributed by atoms with Crippen molar-refractivity contribution in [2.75, 3.05) is 18.5 Å². The van der Waals surface area contributed by atoms with Gasteiger partial charge in [-0.1, -0.05) is 0 Å². The molecule has 4 rings (SSSR count). The summed E-state index contributed by atoms with van der Waals surface area (Å²) in [6.45, 7) is 1.38. The Hall–Kier alpha value is -4.12. The lowest BCUT2D eigenvalue weighted by Gasteiger charge is -2.15. The first-order valence-corrected chi connectivity index (χ1v) is 13.9. The lowest BCUT2D eigenvalue weighted by molar-refractivity contribution is -0.384. The smallest absolute Gasteiger partial charge is 0.294 e. The maximum absolute atomic E-state index is 13.9. The molecule has 10 nitrogen and oxygen atoms in total. The van der Waals surface area contributed by atoms with Gasteiger partial charge in [0.25, 0.3) is 16.8 Å². The van der Waals surface area contributed by atoms with Crippen LogP contribution in [0.5, 0.6) is 11.5 Å². The molecule has 1 saturated heterocycles. The van der Waals surface area contributed by atoms with Gasteiger partial charge in [0.05, 0.1) is 25.7 Å². The summed E-state index contributed by atoms with van der Waals surface area (Å²) in [5.41, 5.74) is 0.488. The number of halogens is 4. The zero-order chi connectivity index (χ0) is 30.6. The number of benzene rings is 3. The number of nitro groups is 1. The SMILES string of the molecule is CCOc1cc(/C=C2/SC(=O)N(CC(=O)Nc3ccc(F)c(F)c3F)C2=O)cc(I)c1OCc1ccc([N+](=O)[O-])cc1. The van der Waals surface area contributed by atoms with E-state index in [1.807, 2.05) is 27.9 Å². The predicted molar refractivity (Wildman–Crippen MR) is 155 cm³/mol. The zero-order valence-corrected chi connectivity index (χ0v) is 24.5. The summed E-state index contributed by atoms with van der Waals surface area (Å²) < 4.78 is 52.7. The van der Waals surface area contributed by atoms with Crippen LogP contribution in [-0.4, -0.2) is 40.0 Å². The Morgan fingerprint density at radius 1 is 1.10 bits per heavy atom. The summed E-state index contributed by atoms with van der Waals surface area (Å²) in [5.74, 6) is -5.84. The van der Waals surface area contributed by atoms with Gasteiger partial charge in [-0.15, -0.1) is 0 Å².